The summed E-state index contributed by atoms with van der Waals surface area (Å²) in [4.78, 5) is 10.9. The number of nitrogens with one attached hydrogen (secondary N) is 1. The molecule has 0 unspecified atom stereocenters. The van der Waals surface area contributed by atoms with Gasteiger partial charge < -0.3 is 10.1 Å². The van der Waals surface area contributed by atoms with Gasteiger partial charge in [-0.05, 0) is 25.0 Å². The molecule has 0 saturated carbocycles. The third-order valence-corrected chi connectivity index (χ3v) is 2.44. The molecule has 0 fully saturated rings. The minimum atomic E-state index is -0.174. The Morgan fingerprint density at radius 1 is 1.38 bits per heavy atom. The third kappa shape index (κ3) is 3.74. The van der Waals surface area contributed by atoms with Crippen LogP contribution in [-0.4, -0.2) is 24.9 Å². The van der Waals surface area contributed by atoms with Gasteiger partial charge in [0.05, 0.1) is 6.54 Å². The molecule has 0 bridgehead atoms. The fourth-order valence-corrected chi connectivity index (χ4v) is 1.51. The highest BCUT2D eigenvalue weighted by Gasteiger charge is 2.03. The average molecular weight is 242 g/mol. The van der Waals surface area contributed by atoms with Crippen molar-refractivity contribution in [3.63, 3.8) is 0 Å². The highest BCUT2D eigenvalue weighted by molar-refractivity contribution is 6.27. The second-order valence-corrected chi connectivity index (χ2v) is 3.82. The smallest absolute Gasteiger partial charge is 0.235 e. The van der Waals surface area contributed by atoms with Gasteiger partial charge in [-0.2, -0.15) is 0 Å². The number of ether oxygens (including phenoxy) is 1. The molecule has 88 valence electrons. The number of carbonyl (C=O) groups excluding carboxylic acids is 1. The van der Waals surface area contributed by atoms with Gasteiger partial charge in [-0.1, -0.05) is 18.2 Å². The molecular formula is C12H16ClNO2. The van der Waals surface area contributed by atoms with Gasteiger partial charge in [-0.3, -0.25) is 4.79 Å². The van der Waals surface area contributed by atoms with Gasteiger partial charge in [0, 0.05) is 0 Å². The summed E-state index contributed by atoms with van der Waals surface area (Å²) in [7, 11) is 0. The second-order valence-electron chi connectivity index (χ2n) is 3.55. The molecule has 1 aromatic carbocycles. The topological polar surface area (TPSA) is 38.3 Å². The summed E-state index contributed by atoms with van der Waals surface area (Å²) in [6.45, 7) is 4.92. The molecule has 0 aliphatic rings. The number of hydrogen-bond donors (Lipinski definition) is 1. The van der Waals surface area contributed by atoms with Crippen LogP contribution >= 0.6 is 11.6 Å². The summed E-state index contributed by atoms with van der Waals surface area (Å²) >= 11 is 5.35. The monoisotopic (exact) mass is 241 g/mol. The van der Waals surface area contributed by atoms with E-state index in [9.17, 15) is 4.79 Å². The van der Waals surface area contributed by atoms with Crippen LogP contribution in [0.4, 0.5) is 0 Å². The second kappa shape index (κ2) is 6.38. The molecule has 16 heavy (non-hydrogen) atoms. The number of benzene rings is 1. The van der Waals surface area contributed by atoms with E-state index in [4.69, 9.17) is 16.3 Å². The van der Waals surface area contributed by atoms with Crippen molar-refractivity contribution in [3.05, 3.63) is 29.3 Å². The summed E-state index contributed by atoms with van der Waals surface area (Å²) in [6, 6.07) is 5.99. The number of halogens is 1. The number of aryl methyl sites for hydroxylation is 2. The molecule has 0 spiro atoms. The molecule has 4 heteroatoms. The van der Waals surface area contributed by atoms with Crippen LogP contribution in [0.1, 0.15) is 11.1 Å². The third-order valence-electron chi connectivity index (χ3n) is 2.20. The molecular weight excluding hydrogens is 226 g/mol. The Hall–Kier alpha value is -1.22. The summed E-state index contributed by atoms with van der Waals surface area (Å²) in [6.07, 6.45) is 0. The maximum absolute atomic E-state index is 10.9. The van der Waals surface area contributed by atoms with Crippen molar-refractivity contribution in [1.82, 2.24) is 5.32 Å². The molecule has 0 saturated heterocycles. The van der Waals surface area contributed by atoms with Crippen LogP contribution in [0.15, 0.2) is 18.2 Å². The van der Waals surface area contributed by atoms with E-state index in [2.05, 4.69) is 5.32 Å². The van der Waals surface area contributed by atoms with Crippen molar-refractivity contribution in [2.45, 2.75) is 13.8 Å². The van der Waals surface area contributed by atoms with Crippen LogP contribution in [0, 0.1) is 13.8 Å². The van der Waals surface area contributed by atoms with Crippen LogP contribution in [0.25, 0.3) is 0 Å². The lowest BCUT2D eigenvalue weighted by Gasteiger charge is -2.11. The van der Waals surface area contributed by atoms with Crippen LogP contribution < -0.4 is 10.1 Å². The zero-order chi connectivity index (χ0) is 12.0. The van der Waals surface area contributed by atoms with Crippen molar-refractivity contribution in [3.8, 4) is 5.75 Å². The summed E-state index contributed by atoms with van der Waals surface area (Å²) in [5.41, 5.74) is 2.20. The van der Waals surface area contributed by atoms with Crippen LogP contribution in [-0.2, 0) is 4.79 Å². The van der Waals surface area contributed by atoms with Gasteiger partial charge in [0.1, 0.15) is 18.2 Å². The summed E-state index contributed by atoms with van der Waals surface area (Å²) in [5.74, 6) is 0.707. The maximum atomic E-state index is 10.9. The molecule has 1 amide bonds. The Bertz CT molecular complexity index is 346. The van der Waals surface area contributed by atoms with Crippen molar-refractivity contribution in [2.24, 2.45) is 0 Å². The number of rotatable bonds is 5. The van der Waals surface area contributed by atoms with Gasteiger partial charge in [0.2, 0.25) is 5.91 Å². The molecule has 1 aromatic rings. The van der Waals surface area contributed by atoms with E-state index in [1.54, 1.807) is 0 Å². The Balaban J connectivity index is 2.40. The van der Waals surface area contributed by atoms with Gasteiger partial charge in [-0.25, -0.2) is 0 Å². The molecule has 0 aliphatic carbocycles. The minimum Gasteiger partial charge on any atom is -0.491 e. The lowest BCUT2D eigenvalue weighted by atomic mass is 10.1. The van der Waals surface area contributed by atoms with Crippen LogP contribution in [0.5, 0.6) is 5.75 Å². The molecule has 1 rings (SSSR count). The highest BCUT2D eigenvalue weighted by Crippen LogP contribution is 2.21. The fourth-order valence-electron chi connectivity index (χ4n) is 1.42. The lowest BCUT2D eigenvalue weighted by molar-refractivity contribution is -0.118. The Morgan fingerprint density at radius 3 is 2.56 bits per heavy atom. The minimum absolute atomic E-state index is 0.0105. The van der Waals surface area contributed by atoms with E-state index in [0.717, 1.165) is 16.9 Å². The summed E-state index contributed by atoms with van der Waals surface area (Å²) < 4.78 is 5.60. The predicted molar refractivity (Wildman–Crippen MR) is 65.1 cm³/mol. The molecule has 0 heterocycles. The van der Waals surface area contributed by atoms with Gasteiger partial charge >= 0.3 is 0 Å². The molecule has 1 N–H and O–H groups in total. The number of alkyl halides is 1. The first-order chi connectivity index (χ1) is 7.65. The van der Waals surface area contributed by atoms with Gasteiger partial charge in [0.15, 0.2) is 0 Å². The Labute approximate surface area is 101 Å². The normalized spacial score (nSPS) is 9.94. The Kier molecular flexibility index (Phi) is 5.12. The molecule has 0 atom stereocenters. The molecule has 3 nitrogen and oxygen atoms in total. The van der Waals surface area contributed by atoms with Crippen molar-refractivity contribution < 1.29 is 9.53 Å². The quantitative estimate of drug-likeness (QED) is 0.633. The first-order valence-electron chi connectivity index (χ1n) is 5.17. The maximum Gasteiger partial charge on any atom is 0.235 e. The van der Waals surface area contributed by atoms with E-state index in [1.165, 1.54) is 0 Å². The number of para-hydroxylation sites is 1. The van der Waals surface area contributed by atoms with E-state index in [-0.39, 0.29) is 11.8 Å². The number of amides is 1. The van der Waals surface area contributed by atoms with E-state index in [1.807, 2.05) is 32.0 Å². The number of hydrogen-bond acceptors (Lipinski definition) is 2. The van der Waals surface area contributed by atoms with Crippen molar-refractivity contribution in [2.75, 3.05) is 19.0 Å². The highest BCUT2D eigenvalue weighted by atomic mass is 35.5. The molecule has 0 aromatic heterocycles. The molecule has 0 radical (unpaired) electrons. The SMILES string of the molecule is Cc1cccc(C)c1OCCNC(=O)CCl. The fraction of sp³-hybridized carbons (Fsp3) is 0.417. The van der Waals surface area contributed by atoms with Gasteiger partial charge in [-0.15, -0.1) is 11.6 Å². The average Bonchev–Trinajstić information content (AvgIpc) is 2.27. The van der Waals surface area contributed by atoms with Gasteiger partial charge in [0.25, 0.3) is 0 Å². The summed E-state index contributed by atoms with van der Waals surface area (Å²) in [5, 5.41) is 2.65. The molecule has 0 aliphatic heterocycles. The Morgan fingerprint density at radius 2 is 2.00 bits per heavy atom. The van der Waals surface area contributed by atoms with Crippen molar-refractivity contribution >= 4 is 17.5 Å². The standard InChI is InChI=1S/C12H16ClNO2/c1-9-4-3-5-10(2)12(9)16-7-6-14-11(15)8-13/h3-5H,6-8H2,1-2H3,(H,14,15). The van der Waals surface area contributed by atoms with E-state index >= 15 is 0 Å². The van der Waals surface area contributed by atoms with Crippen molar-refractivity contribution in [1.29, 1.82) is 0 Å². The zero-order valence-electron chi connectivity index (χ0n) is 9.55. The first kappa shape index (κ1) is 12.8. The largest absolute Gasteiger partial charge is 0.491 e. The van der Waals surface area contributed by atoms with Crippen LogP contribution in [0.3, 0.4) is 0 Å². The van der Waals surface area contributed by atoms with Crippen LogP contribution in [0.2, 0.25) is 0 Å². The first-order valence-corrected chi connectivity index (χ1v) is 5.70. The van der Waals surface area contributed by atoms with E-state index < -0.39 is 0 Å². The predicted octanol–water partition coefficient (Wildman–Crippen LogP) is 2.04. The zero-order valence-corrected chi connectivity index (χ0v) is 10.3. The lowest BCUT2D eigenvalue weighted by Crippen LogP contribution is -2.29. The number of carbonyl (C=O) groups is 1. The van der Waals surface area contributed by atoms with E-state index in [0.29, 0.717) is 13.2 Å².